The minimum Gasteiger partial charge on any atom is -0.388 e. The van der Waals surface area contributed by atoms with Crippen LogP contribution in [0.3, 0.4) is 0 Å². The third kappa shape index (κ3) is 2.45. The summed E-state index contributed by atoms with van der Waals surface area (Å²) in [5.41, 5.74) is 6.22. The van der Waals surface area contributed by atoms with E-state index in [2.05, 4.69) is 20.6 Å². The normalized spacial score (nSPS) is 12.3. The van der Waals surface area contributed by atoms with Crippen LogP contribution in [0.15, 0.2) is 24.3 Å². The molecule has 7 heteroatoms. The van der Waals surface area contributed by atoms with Crippen LogP contribution in [-0.2, 0) is 4.79 Å². The standard InChI is InChI=1S/C10H11N5O2/c11-9(17)5-8(16)6-3-1-2-4-7(6)10-12-14-15-13-10/h1-4,8,16H,5H2,(H2,11,17)(H,12,13,14,15). The molecule has 1 amide bonds. The number of nitrogens with two attached hydrogens (primary N) is 1. The average molecular weight is 233 g/mol. The second-order valence-electron chi connectivity index (χ2n) is 3.51. The fourth-order valence-electron chi connectivity index (χ4n) is 1.57. The highest BCUT2D eigenvalue weighted by Crippen LogP contribution is 2.26. The van der Waals surface area contributed by atoms with Gasteiger partial charge in [-0.25, -0.2) is 0 Å². The molecule has 1 aromatic heterocycles. The molecule has 0 spiro atoms. The first-order valence-electron chi connectivity index (χ1n) is 4.97. The Hall–Kier alpha value is -2.28. The summed E-state index contributed by atoms with van der Waals surface area (Å²) in [5, 5.41) is 23.3. The summed E-state index contributed by atoms with van der Waals surface area (Å²) in [4.78, 5) is 10.8. The number of tetrazole rings is 1. The van der Waals surface area contributed by atoms with Crippen LogP contribution in [0.4, 0.5) is 0 Å². The maximum atomic E-state index is 10.8. The number of carbonyl (C=O) groups is 1. The summed E-state index contributed by atoms with van der Waals surface area (Å²) in [6.07, 6.45) is -1.11. The Bertz CT molecular complexity index is 511. The number of hydrogen-bond acceptors (Lipinski definition) is 5. The van der Waals surface area contributed by atoms with Crippen LogP contribution in [0.25, 0.3) is 11.4 Å². The van der Waals surface area contributed by atoms with Gasteiger partial charge in [-0.15, -0.1) is 10.2 Å². The van der Waals surface area contributed by atoms with Gasteiger partial charge in [-0.2, -0.15) is 5.21 Å². The van der Waals surface area contributed by atoms with Crippen LogP contribution < -0.4 is 5.73 Å². The van der Waals surface area contributed by atoms with Gasteiger partial charge in [-0.05, 0) is 10.8 Å². The summed E-state index contributed by atoms with van der Waals surface area (Å²) in [5.74, 6) is -0.204. The molecular weight excluding hydrogens is 222 g/mol. The van der Waals surface area contributed by atoms with Crippen LogP contribution in [0.5, 0.6) is 0 Å². The molecule has 0 fully saturated rings. The Morgan fingerprint density at radius 2 is 2.24 bits per heavy atom. The van der Waals surface area contributed by atoms with Crippen molar-refractivity contribution in [1.82, 2.24) is 20.6 Å². The second-order valence-corrected chi connectivity index (χ2v) is 3.51. The van der Waals surface area contributed by atoms with Crippen molar-refractivity contribution >= 4 is 5.91 Å². The molecule has 7 nitrogen and oxygen atoms in total. The lowest BCUT2D eigenvalue weighted by atomic mass is 9.99. The van der Waals surface area contributed by atoms with Crippen LogP contribution in [0, 0.1) is 0 Å². The van der Waals surface area contributed by atoms with Gasteiger partial charge < -0.3 is 10.8 Å². The number of H-pyrrole nitrogens is 1. The van der Waals surface area contributed by atoms with Gasteiger partial charge in [0, 0.05) is 5.56 Å². The molecule has 88 valence electrons. The zero-order valence-corrected chi connectivity index (χ0v) is 8.87. The van der Waals surface area contributed by atoms with Gasteiger partial charge in [-0.3, -0.25) is 4.79 Å². The van der Waals surface area contributed by atoms with Crippen molar-refractivity contribution < 1.29 is 9.90 Å². The van der Waals surface area contributed by atoms with Crippen molar-refractivity contribution in [2.45, 2.75) is 12.5 Å². The zero-order chi connectivity index (χ0) is 12.3. The van der Waals surface area contributed by atoms with Gasteiger partial charge >= 0.3 is 0 Å². The number of aromatic nitrogens is 4. The number of aliphatic hydroxyl groups excluding tert-OH is 1. The number of aliphatic hydroxyl groups is 1. The van der Waals surface area contributed by atoms with Crippen molar-refractivity contribution in [3.05, 3.63) is 29.8 Å². The summed E-state index contributed by atoms with van der Waals surface area (Å²) in [7, 11) is 0. The average Bonchev–Trinajstić information content (AvgIpc) is 2.81. The van der Waals surface area contributed by atoms with E-state index in [1.807, 2.05) is 0 Å². The Kier molecular flexibility index (Phi) is 3.10. The highest BCUT2D eigenvalue weighted by molar-refractivity contribution is 5.75. The van der Waals surface area contributed by atoms with E-state index in [1.165, 1.54) is 0 Å². The van der Waals surface area contributed by atoms with Gasteiger partial charge in [0.05, 0.1) is 12.5 Å². The maximum absolute atomic E-state index is 10.8. The van der Waals surface area contributed by atoms with E-state index in [1.54, 1.807) is 24.3 Å². The minimum atomic E-state index is -0.970. The molecule has 2 aromatic rings. The molecule has 17 heavy (non-hydrogen) atoms. The van der Waals surface area contributed by atoms with Crippen LogP contribution in [0.2, 0.25) is 0 Å². The molecule has 2 rings (SSSR count). The van der Waals surface area contributed by atoms with Gasteiger partial charge in [0.1, 0.15) is 0 Å². The highest BCUT2D eigenvalue weighted by atomic mass is 16.3. The SMILES string of the molecule is NC(=O)CC(O)c1ccccc1-c1nn[nH]n1. The number of nitrogens with one attached hydrogen (secondary N) is 1. The molecule has 4 N–H and O–H groups in total. The minimum absolute atomic E-state index is 0.144. The number of carbonyl (C=O) groups excluding carboxylic acids is 1. The Balaban J connectivity index is 2.37. The monoisotopic (exact) mass is 233 g/mol. The van der Waals surface area contributed by atoms with E-state index in [0.29, 0.717) is 17.0 Å². The van der Waals surface area contributed by atoms with Crippen molar-refractivity contribution in [3.63, 3.8) is 0 Å². The molecule has 0 aliphatic rings. The molecule has 0 aliphatic heterocycles. The van der Waals surface area contributed by atoms with E-state index < -0.39 is 12.0 Å². The fourth-order valence-corrected chi connectivity index (χ4v) is 1.57. The van der Waals surface area contributed by atoms with Gasteiger partial charge in [-0.1, -0.05) is 24.3 Å². The van der Waals surface area contributed by atoms with Crippen LogP contribution >= 0.6 is 0 Å². The van der Waals surface area contributed by atoms with E-state index in [4.69, 9.17) is 5.73 Å². The topological polar surface area (TPSA) is 118 Å². The number of aromatic amines is 1. The summed E-state index contributed by atoms with van der Waals surface area (Å²) in [6.45, 7) is 0. The van der Waals surface area contributed by atoms with Crippen molar-refractivity contribution in [3.8, 4) is 11.4 Å². The van der Waals surface area contributed by atoms with Crippen LogP contribution in [-0.4, -0.2) is 31.6 Å². The Morgan fingerprint density at radius 3 is 2.88 bits per heavy atom. The molecular formula is C10H11N5O2. The molecule has 0 aliphatic carbocycles. The lowest BCUT2D eigenvalue weighted by Crippen LogP contribution is -2.15. The summed E-state index contributed by atoms with van der Waals surface area (Å²) < 4.78 is 0. The van der Waals surface area contributed by atoms with Crippen molar-refractivity contribution in [1.29, 1.82) is 0 Å². The fraction of sp³-hybridized carbons (Fsp3) is 0.200. The summed E-state index contributed by atoms with van der Waals surface area (Å²) in [6, 6.07) is 6.97. The number of hydrogen-bond donors (Lipinski definition) is 3. The zero-order valence-electron chi connectivity index (χ0n) is 8.87. The number of amides is 1. The number of benzene rings is 1. The third-order valence-corrected chi connectivity index (χ3v) is 2.30. The van der Waals surface area contributed by atoms with E-state index in [0.717, 1.165) is 0 Å². The smallest absolute Gasteiger partial charge is 0.220 e. The first-order chi connectivity index (χ1) is 8.18. The molecule has 1 unspecified atom stereocenters. The Labute approximate surface area is 96.7 Å². The molecule has 0 radical (unpaired) electrons. The van der Waals surface area contributed by atoms with E-state index >= 15 is 0 Å². The molecule has 1 heterocycles. The van der Waals surface area contributed by atoms with E-state index in [9.17, 15) is 9.90 Å². The first-order valence-corrected chi connectivity index (χ1v) is 4.97. The number of nitrogens with zero attached hydrogens (tertiary/aromatic N) is 3. The Morgan fingerprint density at radius 1 is 1.47 bits per heavy atom. The molecule has 1 aromatic carbocycles. The van der Waals surface area contributed by atoms with E-state index in [-0.39, 0.29) is 6.42 Å². The second kappa shape index (κ2) is 4.71. The quantitative estimate of drug-likeness (QED) is 0.674. The maximum Gasteiger partial charge on any atom is 0.220 e. The van der Waals surface area contributed by atoms with Crippen molar-refractivity contribution in [2.75, 3.05) is 0 Å². The van der Waals surface area contributed by atoms with Crippen LogP contribution in [0.1, 0.15) is 18.1 Å². The van der Waals surface area contributed by atoms with Gasteiger partial charge in [0.2, 0.25) is 11.7 Å². The van der Waals surface area contributed by atoms with Crippen molar-refractivity contribution in [2.24, 2.45) is 5.73 Å². The lowest BCUT2D eigenvalue weighted by Gasteiger charge is -2.11. The lowest BCUT2D eigenvalue weighted by molar-refractivity contribution is -0.119. The predicted octanol–water partition coefficient (Wildman–Crippen LogP) is -0.225. The molecule has 1 atom stereocenters. The third-order valence-electron chi connectivity index (χ3n) is 2.30. The number of rotatable bonds is 4. The predicted molar refractivity (Wildman–Crippen MR) is 58.4 cm³/mol. The molecule has 0 saturated carbocycles. The largest absolute Gasteiger partial charge is 0.388 e. The van der Waals surface area contributed by atoms with Gasteiger partial charge in [0.15, 0.2) is 0 Å². The number of primary amides is 1. The van der Waals surface area contributed by atoms with Gasteiger partial charge in [0.25, 0.3) is 0 Å². The first kappa shape index (κ1) is 11.2. The molecule has 0 saturated heterocycles. The highest BCUT2D eigenvalue weighted by Gasteiger charge is 2.17. The molecule has 0 bridgehead atoms. The summed E-state index contributed by atoms with van der Waals surface area (Å²) >= 11 is 0.